The lowest BCUT2D eigenvalue weighted by molar-refractivity contribution is -0.121. The fourth-order valence-electron chi connectivity index (χ4n) is 3.70. The van der Waals surface area contributed by atoms with Crippen LogP contribution in [-0.4, -0.2) is 36.5 Å². The SMILES string of the molecule is CN(C)c1ccc(C(CNC(=O)CCc2cscn2)c2c[nH]c3ccccc23)cc1. The third-order valence-electron chi connectivity index (χ3n) is 5.40. The van der Waals surface area contributed by atoms with E-state index in [0.717, 1.165) is 16.9 Å². The minimum Gasteiger partial charge on any atom is -0.378 e. The number of thiazole rings is 1. The van der Waals surface area contributed by atoms with Crippen LogP contribution in [0.25, 0.3) is 10.9 Å². The van der Waals surface area contributed by atoms with Crippen LogP contribution >= 0.6 is 11.3 Å². The van der Waals surface area contributed by atoms with Crippen LogP contribution in [0.2, 0.25) is 0 Å². The van der Waals surface area contributed by atoms with Crippen LogP contribution in [0.4, 0.5) is 5.69 Å². The van der Waals surface area contributed by atoms with Crippen molar-refractivity contribution in [3.63, 3.8) is 0 Å². The van der Waals surface area contributed by atoms with Crippen LogP contribution in [0, 0.1) is 0 Å². The van der Waals surface area contributed by atoms with Crippen LogP contribution in [0.15, 0.2) is 65.6 Å². The Bertz CT molecular complexity index is 1100. The van der Waals surface area contributed by atoms with E-state index in [1.165, 1.54) is 16.5 Å². The summed E-state index contributed by atoms with van der Waals surface area (Å²) in [6.07, 6.45) is 3.19. The first-order valence-electron chi connectivity index (χ1n) is 10.1. The van der Waals surface area contributed by atoms with E-state index in [9.17, 15) is 4.79 Å². The molecule has 4 rings (SSSR count). The molecule has 2 N–H and O–H groups in total. The number of para-hydroxylation sites is 1. The predicted octanol–water partition coefficient (Wildman–Crippen LogP) is 4.57. The van der Waals surface area contributed by atoms with Crippen molar-refractivity contribution in [1.82, 2.24) is 15.3 Å². The molecule has 154 valence electrons. The maximum atomic E-state index is 12.5. The lowest BCUT2D eigenvalue weighted by Crippen LogP contribution is -2.29. The molecule has 0 aliphatic carbocycles. The quantitative estimate of drug-likeness (QED) is 0.441. The van der Waals surface area contributed by atoms with E-state index in [4.69, 9.17) is 0 Å². The second-order valence-corrected chi connectivity index (χ2v) is 8.33. The summed E-state index contributed by atoms with van der Waals surface area (Å²) in [5.74, 6) is 0.123. The van der Waals surface area contributed by atoms with Crippen molar-refractivity contribution in [1.29, 1.82) is 0 Å². The molecular weight excluding hydrogens is 392 g/mol. The van der Waals surface area contributed by atoms with Crippen LogP contribution < -0.4 is 10.2 Å². The number of hydrogen-bond donors (Lipinski definition) is 2. The number of fused-ring (bicyclic) bond motifs is 1. The molecule has 0 spiro atoms. The Morgan fingerprint density at radius 2 is 1.97 bits per heavy atom. The molecule has 1 atom stereocenters. The van der Waals surface area contributed by atoms with Gasteiger partial charge in [0.25, 0.3) is 0 Å². The molecule has 0 aliphatic rings. The topological polar surface area (TPSA) is 61.0 Å². The summed E-state index contributed by atoms with van der Waals surface area (Å²) in [5, 5.41) is 6.33. The predicted molar refractivity (Wildman–Crippen MR) is 124 cm³/mol. The molecule has 0 aliphatic heterocycles. The minimum atomic E-state index is 0.0535. The number of carbonyl (C=O) groups excluding carboxylic acids is 1. The number of hydrogen-bond acceptors (Lipinski definition) is 4. The van der Waals surface area contributed by atoms with Crippen molar-refractivity contribution >= 4 is 33.8 Å². The molecular formula is C24H26N4OS. The molecule has 2 aromatic heterocycles. The van der Waals surface area contributed by atoms with E-state index < -0.39 is 0 Å². The van der Waals surface area contributed by atoms with Crippen LogP contribution in [0.1, 0.15) is 29.2 Å². The normalized spacial score (nSPS) is 12.1. The zero-order valence-electron chi connectivity index (χ0n) is 17.3. The van der Waals surface area contributed by atoms with Gasteiger partial charge in [0.05, 0.1) is 11.2 Å². The molecule has 0 bridgehead atoms. The zero-order valence-corrected chi connectivity index (χ0v) is 18.1. The van der Waals surface area contributed by atoms with Gasteiger partial charge in [0.15, 0.2) is 0 Å². The number of anilines is 1. The van der Waals surface area contributed by atoms with E-state index in [-0.39, 0.29) is 11.8 Å². The van der Waals surface area contributed by atoms with Crippen molar-refractivity contribution in [2.75, 3.05) is 25.5 Å². The van der Waals surface area contributed by atoms with Crippen LogP contribution in [0.3, 0.4) is 0 Å². The molecule has 5 nitrogen and oxygen atoms in total. The van der Waals surface area contributed by atoms with Gasteiger partial charge in [0.1, 0.15) is 0 Å². The monoisotopic (exact) mass is 418 g/mol. The maximum absolute atomic E-state index is 12.5. The fourth-order valence-corrected chi connectivity index (χ4v) is 4.29. The summed E-state index contributed by atoms with van der Waals surface area (Å²) in [5.41, 5.74) is 7.43. The Hall–Kier alpha value is -3.12. The number of amides is 1. The third kappa shape index (κ3) is 4.54. The molecule has 2 aromatic carbocycles. The Kier molecular flexibility index (Phi) is 6.14. The Morgan fingerprint density at radius 3 is 2.70 bits per heavy atom. The molecule has 0 saturated heterocycles. The summed E-state index contributed by atoms with van der Waals surface area (Å²) in [7, 11) is 4.07. The number of aromatic nitrogens is 2. The van der Waals surface area contributed by atoms with Crippen molar-refractivity contribution < 1.29 is 4.79 Å². The van der Waals surface area contributed by atoms with Gasteiger partial charge < -0.3 is 15.2 Å². The summed E-state index contributed by atoms with van der Waals surface area (Å²) in [6, 6.07) is 16.9. The maximum Gasteiger partial charge on any atom is 0.220 e. The first kappa shape index (κ1) is 20.2. The van der Waals surface area contributed by atoms with Gasteiger partial charge in [-0.25, -0.2) is 4.98 Å². The van der Waals surface area contributed by atoms with Gasteiger partial charge in [-0.3, -0.25) is 4.79 Å². The average Bonchev–Trinajstić information content (AvgIpc) is 3.43. The van der Waals surface area contributed by atoms with E-state index >= 15 is 0 Å². The largest absolute Gasteiger partial charge is 0.378 e. The Balaban J connectivity index is 1.55. The number of aryl methyl sites for hydroxylation is 1. The standard InChI is InChI=1S/C24H26N4OS/c1-28(2)19-10-7-17(8-11-19)21(22-14-25-23-6-4-3-5-20(22)23)13-26-24(29)12-9-18-15-30-16-27-18/h3-8,10-11,14-16,21,25H,9,12-13H2,1-2H3,(H,26,29). The third-order valence-corrected chi connectivity index (χ3v) is 6.04. The van der Waals surface area contributed by atoms with E-state index in [0.29, 0.717) is 19.4 Å². The minimum absolute atomic E-state index is 0.0535. The van der Waals surface area contributed by atoms with Gasteiger partial charge in [-0.1, -0.05) is 30.3 Å². The smallest absolute Gasteiger partial charge is 0.220 e. The number of nitrogens with zero attached hydrogens (tertiary/aromatic N) is 2. The highest BCUT2D eigenvalue weighted by Gasteiger charge is 2.19. The van der Waals surface area contributed by atoms with E-state index in [1.807, 2.05) is 25.5 Å². The Morgan fingerprint density at radius 1 is 1.17 bits per heavy atom. The highest BCUT2D eigenvalue weighted by molar-refractivity contribution is 7.07. The van der Waals surface area contributed by atoms with Crippen molar-refractivity contribution in [2.45, 2.75) is 18.8 Å². The summed E-state index contributed by atoms with van der Waals surface area (Å²) >= 11 is 1.56. The fraction of sp³-hybridized carbons (Fsp3) is 0.250. The number of aromatic amines is 1. The molecule has 1 amide bonds. The van der Waals surface area contributed by atoms with Crippen molar-refractivity contribution in [3.8, 4) is 0 Å². The second-order valence-electron chi connectivity index (χ2n) is 7.61. The highest BCUT2D eigenvalue weighted by Crippen LogP contribution is 2.31. The molecule has 6 heteroatoms. The molecule has 2 heterocycles. The summed E-state index contributed by atoms with van der Waals surface area (Å²) in [4.78, 5) is 22.2. The van der Waals surface area contributed by atoms with Crippen molar-refractivity contribution in [3.05, 3.63) is 82.4 Å². The molecule has 0 radical (unpaired) electrons. The van der Waals surface area contributed by atoms with Gasteiger partial charge in [-0.15, -0.1) is 11.3 Å². The van der Waals surface area contributed by atoms with Gasteiger partial charge in [0.2, 0.25) is 5.91 Å². The molecule has 0 saturated carbocycles. The van der Waals surface area contributed by atoms with Gasteiger partial charge in [-0.2, -0.15) is 0 Å². The number of rotatable bonds is 8. The lowest BCUT2D eigenvalue weighted by Gasteiger charge is -2.20. The number of nitrogens with one attached hydrogen (secondary N) is 2. The lowest BCUT2D eigenvalue weighted by atomic mass is 9.90. The first-order valence-corrected chi connectivity index (χ1v) is 11.0. The average molecular weight is 419 g/mol. The van der Waals surface area contributed by atoms with Gasteiger partial charge in [-0.05, 0) is 35.7 Å². The van der Waals surface area contributed by atoms with E-state index in [2.05, 4.69) is 68.8 Å². The number of benzene rings is 2. The second kappa shape index (κ2) is 9.13. The van der Waals surface area contributed by atoms with Crippen LogP contribution in [0.5, 0.6) is 0 Å². The molecule has 0 fully saturated rings. The number of carbonyl (C=O) groups is 1. The van der Waals surface area contributed by atoms with Gasteiger partial charge >= 0.3 is 0 Å². The highest BCUT2D eigenvalue weighted by atomic mass is 32.1. The first-order chi connectivity index (χ1) is 14.6. The Labute approximate surface area is 180 Å². The summed E-state index contributed by atoms with van der Waals surface area (Å²) < 4.78 is 0. The zero-order chi connectivity index (χ0) is 20.9. The summed E-state index contributed by atoms with van der Waals surface area (Å²) in [6.45, 7) is 0.555. The van der Waals surface area contributed by atoms with Crippen LogP contribution in [-0.2, 0) is 11.2 Å². The molecule has 1 unspecified atom stereocenters. The van der Waals surface area contributed by atoms with Gasteiger partial charge in [0, 0.05) is 61.1 Å². The molecule has 4 aromatic rings. The molecule has 30 heavy (non-hydrogen) atoms. The van der Waals surface area contributed by atoms with E-state index in [1.54, 1.807) is 16.8 Å². The van der Waals surface area contributed by atoms with Crippen molar-refractivity contribution in [2.24, 2.45) is 0 Å². The number of H-pyrrole nitrogens is 1.